The number of nitrogens with two attached hydrogens (primary N) is 1. The molecule has 144 valence electrons. The molecule has 2 aromatic rings. The van der Waals surface area contributed by atoms with Crippen LogP contribution in [0, 0.1) is 0 Å². The van der Waals surface area contributed by atoms with E-state index in [-0.39, 0.29) is 12.0 Å². The maximum atomic E-state index is 6.63. The quantitative estimate of drug-likeness (QED) is 0.893. The maximum Gasteiger partial charge on any atom is 0.213 e. The van der Waals surface area contributed by atoms with Crippen LogP contribution in [0.4, 0.5) is 0 Å². The number of aromatic nitrogens is 1. The van der Waals surface area contributed by atoms with Gasteiger partial charge in [0.05, 0.1) is 27.0 Å². The van der Waals surface area contributed by atoms with Crippen molar-refractivity contribution < 1.29 is 14.2 Å². The largest absolute Gasteiger partial charge is 0.493 e. The molecule has 1 fully saturated rings. The summed E-state index contributed by atoms with van der Waals surface area (Å²) in [5.74, 6) is 2.42. The van der Waals surface area contributed by atoms with Crippen molar-refractivity contribution >= 4 is 0 Å². The molecule has 0 aliphatic carbocycles. The minimum atomic E-state index is 0.0462. The molecule has 1 aromatic heterocycles. The van der Waals surface area contributed by atoms with Crippen molar-refractivity contribution in [3.05, 3.63) is 47.2 Å². The smallest absolute Gasteiger partial charge is 0.213 e. The molecule has 0 saturated carbocycles. The van der Waals surface area contributed by atoms with Gasteiger partial charge in [-0.2, -0.15) is 0 Å². The third-order valence-electron chi connectivity index (χ3n) is 5.89. The number of piperidine rings is 1. The summed E-state index contributed by atoms with van der Waals surface area (Å²) in [6.45, 7) is 1.92. The number of hydrogen-bond donors (Lipinski definition) is 1. The second kappa shape index (κ2) is 7.37. The number of hydrogen-bond acceptors (Lipinski definition) is 6. The van der Waals surface area contributed by atoms with Crippen molar-refractivity contribution in [2.45, 2.75) is 30.8 Å². The third kappa shape index (κ3) is 3.24. The van der Waals surface area contributed by atoms with Crippen molar-refractivity contribution in [3.63, 3.8) is 0 Å². The van der Waals surface area contributed by atoms with Gasteiger partial charge in [-0.15, -0.1) is 0 Å². The zero-order valence-electron chi connectivity index (χ0n) is 16.1. The van der Waals surface area contributed by atoms with Gasteiger partial charge in [0.1, 0.15) is 0 Å². The Morgan fingerprint density at radius 1 is 1.07 bits per heavy atom. The molecule has 6 heteroatoms. The van der Waals surface area contributed by atoms with Gasteiger partial charge in [0.2, 0.25) is 5.88 Å². The molecule has 0 bridgehead atoms. The molecule has 0 unspecified atom stereocenters. The molecule has 3 atom stereocenters. The minimum absolute atomic E-state index is 0.0462. The minimum Gasteiger partial charge on any atom is -0.493 e. The summed E-state index contributed by atoms with van der Waals surface area (Å²) < 4.78 is 16.3. The van der Waals surface area contributed by atoms with Crippen molar-refractivity contribution in [1.29, 1.82) is 0 Å². The first kappa shape index (κ1) is 18.1. The van der Waals surface area contributed by atoms with Crippen molar-refractivity contribution in [2.75, 3.05) is 34.4 Å². The second-order valence-corrected chi connectivity index (χ2v) is 7.28. The molecule has 3 heterocycles. The van der Waals surface area contributed by atoms with E-state index in [1.54, 1.807) is 21.3 Å². The Morgan fingerprint density at radius 3 is 2.59 bits per heavy atom. The summed E-state index contributed by atoms with van der Waals surface area (Å²) in [4.78, 5) is 7.16. The van der Waals surface area contributed by atoms with Gasteiger partial charge in [-0.05, 0) is 42.2 Å². The standard InChI is InChI=1S/C21H27N3O3/c1-25-19-9-13-7-8-24-12-15(17-5-4-6-21(23-17)27-3)16(22)11-18(24)14(13)10-20(19)26-2/h4-6,9-10,15-16,18H,7-8,11-12,22H2,1-3H3/t15-,16-,18-/m0/s1. The lowest BCUT2D eigenvalue weighted by molar-refractivity contribution is 0.108. The van der Waals surface area contributed by atoms with Crippen LogP contribution in [0.25, 0.3) is 0 Å². The summed E-state index contributed by atoms with van der Waals surface area (Å²) in [6.07, 6.45) is 1.89. The average molecular weight is 369 g/mol. The number of pyridine rings is 1. The predicted octanol–water partition coefficient (Wildman–Crippen LogP) is 2.52. The van der Waals surface area contributed by atoms with Gasteiger partial charge in [-0.25, -0.2) is 4.98 Å². The highest BCUT2D eigenvalue weighted by molar-refractivity contribution is 5.49. The van der Waals surface area contributed by atoms with Gasteiger partial charge in [-0.1, -0.05) is 6.07 Å². The third-order valence-corrected chi connectivity index (χ3v) is 5.89. The molecule has 1 saturated heterocycles. The molecule has 0 amide bonds. The van der Waals surface area contributed by atoms with Crippen LogP contribution < -0.4 is 19.9 Å². The number of rotatable bonds is 4. The van der Waals surface area contributed by atoms with Crippen molar-refractivity contribution in [2.24, 2.45) is 5.73 Å². The SMILES string of the molecule is COc1cccc([C@H]2CN3CCc4cc(OC)c(OC)cc4[C@@H]3C[C@@H]2N)n1. The highest BCUT2D eigenvalue weighted by Gasteiger charge is 2.39. The van der Waals surface area contributed by atoms with E-state index in [0.717, 1.165) is 43.1 Å². The molecular weight excluding hydrogens is 342 g/mol. The maximum absolute atomic E-state index is 6.63. The predicted molar refractivity (Wildman–Crippen MR) is 104 cm³/mol. The Hall–Kier alpha value is -2.31. The van der Waals surface area contributed by atoms with Gasteiger partial charge in [-0.3, -0.25) is 4.90 Å². The van der Waals surface area contributed by atoms with E-state index in [9.17, 15) is 0 Å². The van der Waals surface area contributed by atoms with Crippen LogP contribution in [-0.4, -0.2) is 50.3 Å². The summed E-state index contributed by atoms with van der Waals surface area (Å²) in [6, 6.07) is 10.5. The first-order chi connectivity index (χ1) is 13.1. The lowest BCUT2D eigenvalue weighted by atomic mass is 9.79. The monoisotopic (exact) mass is 369 g/mol. The molecular formula is C21H27N3O3. The van der Waals surface area contributed by atoms with E-state index in [0.29, 0.717) is 11.9 Å². The first-order valence-electron chi connectivity index (χ1n) is 9.40. The van der Waals surface area contributed by atoms with E-state index in [2.05, 4.69) is 28.1 Å². The Kier molecular flexibility index (Phi) is 4.93. The van der Waals surface area contributed by atoms with Crippen LogP contribution in [0.2, 0.25) is 0 Å². The molecule has 2 aliphatic rings. The van der Waals surface area contributed by atoms with Gasteiger partial charge in [0, 0.05) is 37.2 Å². The molecule has 27 heavy (non-hydrogen) atoms. The zero-order chi connectivity index (χ0) is 19.0. The Labute approximate surface area is 160 Å². The molecule has 2 N–H and O–H groups in total. The Bertz CT molecular complexity index is 826. The van der Waals surface area contributed by atoms with E-state index in [1.165, 1.54) is 11.1 Å². The number of ether oxygens (including phenoxy) is 3. The molecule has 4 rings (SSSR count). The average Bonchev–Trinajstić information content (AvgIpc) is 2.72. The molecule has 6 nitrogen and oxygen atoms in total. The fraction of sp³-hybridized carbons (Fsp3) is 0.476. The van der Waals surface area contributed by atoms with Crippen LogP contribution in [-0.2, 0) is 6.42 Å². The van der Waals surface area contributed by atoms with Crippen molar-refractivity contribution in [3.8, 4) is 17.4 Å². The van der Waals surface area contributed by atoms with E-state index < -0.39 is 0 Å². The van der Waals surface area contributed by atoms with Crippen LogP contribution in [0.5, 0.6) is 17.4 Å². The molecule has 0 spiro atoms. The topological polar surface area (TPSA) is 69.8 Å². The normalized spacial score (nSPS) is 24.7. The van der Waals surface area contributed by atoms with Crippen LogP contribution in [0.15, 0.2) is 30.3 Å². The van der Waals surface area contributed by atoms with Crippen LogP contribution in [0.1, 0.15) is 35.2 Å². The number of methoxy groups -OCH3 is 3. The van der Waals surface area contributed by atoms with Crippen molar-refractivity contribution in [1.82, 2.24) is 9.88 Å². The van der Waals surface area contributed by atoms with Gasteiger partial charge >= 0.3 is 0 Å². The molecule has 2 aliphatic heterocycles. The highest BCUT2D eigenvalue weighted by Crippen LogP contribution is 2.44. The second-order valence-electron chi connectivity index (χ2n) is 7.28. The first-order valence-corrected chi connectivity index (χ1v) is 9.40. The lowest BCUT2D eigenvalue weighted by Gasteiger charge is -2.46. The fourth-order valence-electron chi connectivity index (χ4n) is 4.45. The number of fused-ring (bicyclic) bond motifs is 3. The summed E-state index contributed by atoms with van der Waals surface area (Å²) in [7, 11) is 5.01. The van der Waals surface area contributed by atoms with Gasteiger partial charge in [0.15, 0.2) is 11.5 Å². The van der Waals surface area contributed by atoms with Crippen LogP contribution in [0.3, 0.4) is 0 Å². The van der Waals surface area contributed by atoms with Crippen LogP contribution >= 0.6 is 0 Å². The highest BCUT2D eigenvalue weighted by atomic mass is 16.5. The van der Waals surface area contributed by atoms with E-state index in [1.807, 2.05) is 12.1 Å². The zero-order valence-corrected chi connectivity index (χ0v) is 16.1. The van der Waals surface area contributed by atoms with E-state index >= 15 is 0 Å². The Balaban J connectivity index is 1.63. The summed E-state index contributed by atoms with van der Waals surface area (Å²) in [5, 5.41) is 0. The van der Waals surface area contributed by atoms with E-state index in [4.69, 9.17) is 19.9 Å². The summed E-state index contributed by atoms with van der Waals surface area (Å²) in [5.41, 5.74) is 10.3. The van der Waals surface area contributed by atoms with Gasteiger partial charge in [0.25, 0.3) is 0 Å². The molecule has 1 aromatic carbocycles. The summed E-state index contributed by atoms with van der Waals surface area (Å²) >= 11 is 0. The number of benzene rings is 1. The lowest BCUT2D eigenvalue weighted by Crippen LogP contribution is -2.50. The van der Waals surface area contributed by atoms with Gasteiger partial charge < -0.3 is 19.9 Å². The fourth-order valence-corrected chi connectivity index (χ4v) is 4.45. The molecule has 0 radical (unpaired) electrons. The Morgan fingerprint density at radius 2 is 1.85 bits per heavy atom. The number of nitrogens with zero attached hydrogens (tertiary/aromatic N) is 2.